The number of hydrogen-bond donors (Lipinski definition) is 0. The Morgan fingerprint density at radius 2 is 1.96 bits per heavy atom. The molecule has 0 N–H and O–H groups in total. The van der Waals surface area contributed by atoms with Gasteiger partial charge in [-0.1, -0.05) is 19.1 Å². The molecule has 0 radical (unpaired) electrons. The molecule has 0 aliphatic carbocycles. The Bertz CT molecular complexity index is 764. The van der Waals surface area contributed by atoms with Crippen molar-refractivity contribution >= 4 is 5.91 Å². The fourth-order valence-electron chi connectivity index (χ4n) is 3.67. The van der Waals surface area contributed by atoms with E-state index in [-0.39, 0.29) is 0 Å². The molecule has 3 rings (SSSR count). The van der Waals surface area contributed by atoms with E-state index >= 15 is 0 Å². The molecule has 1 aromatic carbocycles. The number of ether oxygens (including phenoxy) is 1. The number of likely N-dealkylation sites (tertiary alicyclic amines) is 1. The van der Waals surface area contributed by atoms with Crippen molar-refractivity contribution in [3.05, 3.63) is 47.8 Å². The summed E-state index contributed by atoms with van der Waals surface area (Å²) in [5.74, 6) is 1.58. The minimum Gasteiger partial charge on any atom is -0.497 e. The number of rotatable bonds is 5. The molecule has 138 valence electrons. The lowest BCUT2D eigenvalue weighted by molar-refractivity contribution is -0.132. The molecule has 4 nitrogen and oxygen atoms in total. The highest BCUT2D eigenvalue weighted by Crippen LogP contribution is 2.31. The third-order valence-electron chi connectivity index (χ3n) is 5.11. The summed E-state index contributed by atoms with van der Waals surface area (Å²) in [6.07, 6.45) is 3.56. The minimum atomic E-state index is 0.292. The van der Waals surface area contributed by atoms with Gasteiger partial charge in [-0.25, -0.2) is 0 Å². The van der Waals surface area contributed by atoms with Crippen LogP contribution in [0.3, 0.4) is 0 Å². The van der Waals surface area contributed by atoms with E-state index in [9.17, 15) is 4.79 Å². The quantitative estimate of drug-likeness (QED) is 0.791. The van der Waals surface area contributed by atoms with Crippen LogP contribution >= 0.6 is 0 Å². The van der Waals surface area contributed by atoms with E-state index in [1.807, 2.05) is 24.0 Å². The van der Waals surface area contributed by atoms with Crippen LogP contribution in [0.15, 0.2) is 36.4 Å². The van der Waals surface area contributed by atoms with Gasteiger partial charge in [0.2, 0.25) is 5.91 Å². The fourth-order valence-corrected chi connectivity index (χ4v) is 3.67. The van der Waals surface area contributed by atoms with Gasteiger partial charge in [0.25, 0.3) is 0 Å². The van der Waals surface area contributed by atoms with Crippen LogP contribution in [0, 0.1) is 6.92 Å². The second-order valence-corrected chi connectivity index (χ2v) is 7.06. The number of pyridine rings is 1. The van der Waals surface area contributed by atoms with Gasteiger partial charge in [-0.15, -0.1) is 0 Å². The summed E-state index contributed by atoms with van der Waals surface area (Å²) in [7, 11) is 1.69. The molecule has 4 heteroatoms. The van der Waals surface area contributed by atoms with Gasteiger partial charge in [-0.3, -0.25) is 9.78 Å². The molecule has 0 atom stereocenters. The molecule has 1 amide bonds. The number of nitrogens with zero attached hydrogens (tertiary/aromatic N) is 2. The van der Waals surface area contributed by atoms with Crippen molar-refractivity contribution in [1.29, 1.82) is 0 Å². The summed E-state index contributed by atoms with van der Waals surface area (Å²) in [5, 5.41) is 0. The van der Waals surface area contributed by atoms with Crippen LogP contribution in [-0.2, 0) is 4.79 Å². The molecule has 0 spiro atoms. The minimum absolute atomic E-state index is 0.292. The van der Waals surface area contributed by atoms with Gasteiger partial charge < -0.3 is 9.64 Å². The molecule has 0 saturated carbocycles. The van der Waals surface area contributed by atoms with Crippen molar-refractivity contribution in [2.75, 3.05) is 20.2 Å². The van der Waals surface area contributed by atoms with Crippen LogP contribution in [0.1, 0.15) is 49.9 Å². The predicted molar refractivity (Wildman–Crippen MR) is 104 cm³/mol. The van der Waals surface area contributed by atoms with Crippen molar-refractivity contribution in [1.82, 2.24) is 9.88 Å². The van der Waals surface area contributed by atoms with Gasteiger partial charge in [0.05, 0.1) is 7.11 Å². The number of carbonyl (C=O) groups excluding carboxylic acids is 1. The Kier molecular flexibility index (Phi) is 5.92. The molecule has 1 aliphatic rings. The lowest BCUT2D eigenvalue weighted by Gasteiger charge is -2.32. The molecule has 0 bridgehead atoms. The third kappa shape index (κ3) is 4.24. The van der Waals surface area contributed by atoms with E-state index in [1.54, 1.807) is 7.11 Å². The maximum atomic E-state index is 12.1. The average molecular weight is 352 g/mol. The van der Waals surface area contributed by atoms with Gasteiger partial charge in [0.15, 0.2) is 0 Å². The highest BCUT2D eigenvalue weighted by molar-refractivity contribution is 5.76. The van der Waals surface area contributed by atoms with Crippen molar-refractivity contribution in [3.63, 3.8) is 0 Å². The van der Waals surface area contributed by atoms with Crippen LogP contribution in [0.25, 0.3) is 11.1 Å². The molecule has 0 unspecified atom stereocenters. The van der Waals surface area contributed by atoms with Crippen LogP contribution < -0.4 is 4.74 Å². The number of benzene rings is 1. The van der Waals surface area contributed by atoms with Crippen molar-refractivity contribution < 1.29 is 9.53 Å². The highest BCUT2D eigenvalue weighted by atomic mass is 16.5. The SMILES string of the molecule is CCCC(=O)N1CCC(c2cc(-c3cccc(OC)c3)cc(C)n2)CC1. The summed E-state index contributed by atoms with van der Waals surface area (Å²) in [5.41, 5.74) is 4.50. The normalized spacial score (nSPS) is 15.1. The van der Waals surface area contributed by atoms with Crippen LogP contribution in [0.2, 0.25) is 0 Å². The molecule has 1 aromatic heterocycles. The first-order valence-electron chi connectivity index (χ1n) is 9.51. The first-order chi connectivity index (χ1) is 12.6. The smallest absolute Gasteiger partial charge is 0.222 e. The Morgan fingerprint density at radius 3 is 2.65 bits per heavy atom. The fraction of sp³-hybridized carbons (Fsp3) is 0.455. The second kappa shape index (κ2) is 8.35. The van der Waals surface area contributed by atoms with Crippen LogP contribution in [0.4, 0.5) is 0 Å². The van der Waals surface area contributed by atoms with E-state index in [4.69, 9.17) is 9.72 Å². The van der Waals surface area contributed by atoms with E-state index in [2.05, 4.69) is 31.2 Å². The van der Waals surface area contributed by atoms with E-state index in [0.29, 0.717) is 18.2 Å². The van der Waals surface area contributed by atoms with Crippen molar-refractivity contribution in [2.45, 2.75) is 45.4 Å². The summed E-state index contributed by atoms with van der Waals surface area (Å²) < 4.78 is 5.35. The van der Waals surface area contributed by atoms with Gasteiger partial charge in [0.1, 0.15) is 5.75 Å². The van der Waals surface area contributed by atoms with Gasteiger partial charge >= 0.3 is 0 Å². The van der Waals surface area contributed by atoms with Crippen LogP contribution in [0.5, 0.6) is 5.75 Å². The topological polar surface area (TPSA) is 42.4 Å². The molecule has 1 fully saturated rings. The van der Waals surface area contributed by atoms with E-state index < -0.39 is 0 Å². The standard InChI is InChI=1S/C22H28N2O2/c1-4-6-22(25)24-11-9-17(10-12-24)21-15-19(13-16(2)23-21)18-7-5-8-20(14-18)26-3/h5,7-8,13-15,17H,4,6,9-12H2,1-3H3. The second-order valence-electron chi connectivity index (χ2n) is 7.06. The van der Waals surface area contributed by atoms with Gasteiger partial charge in [-0.05, 0) is 61.6 Å². The highest BCUT2D eigenvalue weighted by Gasteiger charge is 2.24. The first-order valence-corrected chi connectivity index (χ1v) is 9.51. The summed E-state index contributed by atoms with van der Waals surface area (Å²) in [6, 6.07) is 12.5. The number of piperidine rings is 1. The predicted octanol–water partition coefficient (Wildman–Crippen LogP) is 4.57. The zero-order valence-corrected chi connectivity index (χ0v) is 16.0. The monoisotopic (exact) mass is 352 g/mol. The zero-order chi connectivity index (χ0) is 18.5. The molecule has 2 heterocycles. The molecule has 2 aromatic rings. The van der Waals surface area contributed by atoms with Crippen LogP contribution in [-0.4, -0.2) is 36.0 Å². The third-order valence-corrected chi connectivity index (χ3v) is 5.11. The number of hydrogen-bond acceptors (Lipinski definition) is 3. The Balaban J connectivity index is 1.77. The largest absolute Gasteiger partial charge is 0.497 e. The summed E-state index contributed by atoms with van der Waals surface area (Å²) in [6.45, 7) is 5.79. The molecular formula is C22H28N2O2. The number of amides is 1. The van der Waals surface area contributed by atoms with E-state index in [0.717, 1.165) is 55.1 Å². The van der Waals surface area contributed by atoms with E-state index in [1.165, 1.54) is 5.56 Å². The maximum Gasteiger partial charge on any atom is 0.222 e. The zero-order valence-electron chi connectivity index (χ0n) is 16.0. The Labute approximate surface area is 156 Å². The number of aryl methyl sites for hydroxylation is 1. The molecule has 1 saturated heterocycles. The summed E-state index contributed by atoms with van der Waals surface area (Å²) in [4.78, 5) is 18.9. The molecule has 26 heavy (non-hydrogen) atoms. The number of carbonyl (C=O) groups is 1. The van der Waals surface area contributed by atoms with Gasteiger partial charge in [-0.2, -0.15) is 0 Å². The van der Waals surface area contributed by atoms with Crippen molar-refractivity contribution in [3.8, 4) is 16.9 Å². The number of methoxy groups -OCH3 is 1. The van der Waals surface area contributed by atoms with Gasteiger partial charge in [0, 0.05) is 36.8 Å². The van der Waals surface area contributed by atoms with Crippen molar-refractivity contribution in [2.24, 2.45) is 0 Å². The number of aromatic nitrogens is 1. The molecular weight excluding hydrogens is 324 g/mol. The molecule has 1 aliphatic heterocycles. The lowest BCUT2D eigenvalue weighted by Crippen LogP contribution is -2.37. The summed E-state index contributed by atoms with van der Waals surface area (Å²) >= 11 is 0. The maximum absolute atomic E-state index is 12.1. The Hall–Kier alpha value is -2.36. The Morgan fingerprint density at radius 1 is 1.19 bits per heavy atom. The lowest BCUT2D eigenvalue weighted by atomic mass is 9.91. The average Bonchev–Trinajstić information content (AvgIpc) is 2.68. The first kappa shape index (κ1) is 18.4.